The molecule has 0 heterocycles. The van der Waals surface area contributed by atoms with Gasteiger partial charge in [-0.15, -0.1) is 0 Å². The van der Waals surface area contributed by atoms with Crippen LogP contribution in [-0.2, 0) is 4.74 Å². The summed E-state index contributed by atoms with van der Waals surface area (Å²) >= 11 is 0. The molecule has 0 aliphatic heterocycles. The maximum atomic E-state index is 5.81. The molecule has 1 fully saturated rings. The number of rotatable bonds is 7. The van der Waals surface area contributed by atoms with E-state index in [4.69, 9.17) is 4.74 Å². The molecule has 78 valence electrons. The summed E-state index contributed by atoms with van der Waals surface area (Å²) in [7, 11) is 0. The molecule has 2 nitrogen and oxygen atoms in total. The molecule has 0 saturated heterocycles. The van der Waals surface area contributed by atoms with E-state index in [1.807, 2.05) is 0 Å². The Morgan fingerprint density at radius 3 is 2.46 bits per heavy atom. The molecule has 0 aromatic carbocycles. The van der Waals surface area contributed by atoms with Crippen molar-refractivity contribution >= 4 is 0 Å². The number of ether oxygens (including phenoxy) is 1. The molecular weight excluding hydrogens is 162 g/mol. The van der Waals surface area contributed by atoms with E-state index in [9.17, 15) is 0 Å². The van der Waals surface area contributed by atoms with Crippen LogP contribution in [0, 0.1) is 0 Å². The Labute approximate surface area is 82.0 Å². The van der Waals surface area contributed by atoms with Crippen LogP contribution in [-0.4, -0.2) is 25.3 Å². The summed E-state index contributed by atoms with van der Waals surface area (Å²) in [6.45, 7) is 7.43. The number of nitrogens with one attached hydrogen (secondary N) is 1. The maximum Gasteiger partial charge on any atom is 0.0694 e. The van der Waals surface area contributed by atoms with Gasteiger partial charge in [0.2, 0.25) is 0 Å². The summed E-state index contributed by atoms with van der Waals surface area (Å²) in [6, 6.07) is 0. The van der Waals surface area contributed by atoms with E-state index < -0.39 is 0 Å². The summed E-state index contributed by atoms with van der Waals surface area (Å²) in [4.78, 5) is 0. The van der Waals surface area contributed by atoms with Gasteiger partial charge >= 0.3 is 0 Å². The second-order valence-electron chi connectivity index (χ2n) is 3.97. The van der Waals surface area contributed by atoms with Gasteiger partial charge < -0.3 is 10.1 Å². The van der Waals surface area contributed by atoms with Crippen LogP contribution in [0.4, 0.5) is 0 Å². The van der Waals surface area contributed by atoms with E-state index >= 15 is 0 Å². The van der Waals surface area contributed by atoms with Crippen molar-refractivity contribution in [2.24, 2.45) is 0 Å². The lowest BCUT2D eigenvalue weighted by molar-refractivity contribution is -0.0991. The van der Waals surface area contributed by atoms with Gasteiger partial charge in [0.1, 0.15) is 0 Å². The second-order valence-corrected chi connectivity index (χ2v) is 3.97. The quantitative estimate of drug-likeness (QED) is 0.615. The summed E-state index contributed by atoms with van der Waals surface area (Å²) < 4.78 is 5.81. The van der Waals surface area contributed by atoms with Gasteiger partial charge in [-0.05, 0) is 52.1 Å². The van der Waals surface area contributed by atoms with Crippen molar-refractivity contribution in [2.75, 3.05) is 19.7 Å². The van der Waals surface area contributed by atoms with Gasteiger partial charge in [0.25, 0.3) is 0 Å². The van der Waals surface area contributed by atoms with Crippen molar-refractivity contribution in [1.29, 1.82) is 0 Å². The van der Waals surface area contributed by atoms with Crippen LogP contribution in [0.1, 0.15) is 46.0 Å². The minimum atomic E-state index is 0.259. The SMILES string of the molecule is CCCNCCC1(OCC)CCC1. The van der Waals surface area contributed by atoms with Crippen molar-refractivity contribution in [3.8, 4) is 0 Å². The Balaban J connectivity index is 2.09. The molecule has 2 heteroatoms. The lowest BCUT2D eigenvalue weighted by Gasteiger charge is -2.41. The lowest BCUT2D eigenvalue weighted by Crippen LogP contribution is -2.42. The fraction of sp³-hybridized carbons (Fsp3) is 1.00. The van der Waals surface area contributed by atoms with Crippen molar-refractivity contribution in [2.45, 2.75) is 51.6 Å². The second kappa shape index (κ2) is 5.61. The molecule has 0 unspecified atom stereocenters. The van der Waals surface area contributed by atoms with E-state index in [-0.39, 0.29) is 5.60 Å². The maximum absolute atomic E-state index is 5.81. The van der Waals surface area contributed by atoms with Gasteiger partial charge in [-0.2, -0.15) is 0 Å². The first-order chi connectivity index (χ1) is 6.33. The molecule has 1 N–H and O–H groups in total. The smallest absolute Gasteiger partial charge is 0.0694 e. The van der Waals surface area contributed by atoms with Crippen molar-refractivity contribution in [3.05, 3.63) is 0 Å². The topological polar surface area (TPSA) is 21.3 Å². The van der Waals surface area contributed by atoms with Crippen LogP contribution in [0.5, 0.6) is 0 Å². The molecule has 0 bridgehead atoms. The molecule has 0 spiro atoms. The highest BCUT2D eigenvalue weighted by atomic mass is 16.5. The van der Waals surface area contributed by atoms with E-state index in [0.29, 0.717) is 0 Å². The Bertz CT molecular complexity index is 132. The zero-order valence-electron chi connectivity index (χ0n) is 9.07. The Hall–Kier alpha value is -0.0800. The zero-order chi connectivity index (χ0) is 9.57. The molecule has 1 aliphatic carbocycles. The molecule has 0 radical (unpaired) electrons. The fourth-order valence-corrected chi connectivity index (χ4v) is 1.96. The Morgan fingerprint density at radius 1 is 1.23 bits per heavy atom. The third-order valence-electron chi connectivity index (χ3n) is 2.90. The standard InChI is InChI=1S/C11H23NO/c1-3-9-12-10-8-11(13-4-2)6-5-7-11/h12H,3-10H2,1-2H3. The van der Waals surface area contributed by atoms with E-state index in [1.165, 1.54) is 32.1 Å². The molecular formula is C11H23NO. The van der Waals surface area contributed by atoms with E-state index in [1.54, 1.807) is 0 Å². The number of hydrogen-bond acceptors (Lipinski definition) is 2. The highest BCUT2D eigenvalue weighted by Gasteiger charge is 2.36. The molecule has 13 heavy (non-hydrogen) atoms. The average Bonchev–Trinajstić information content (AvgIpc) is 2.08. The van der Waals surface area contributed by atoms with Crippen LogP contribution in [0.15, 0.2) is 0 Å². The normalized spacial score (nSPS) is 19.8. The van der Waals surface area contributed by atoms with Gasteiger partial charge in [-0.3, -0.25) is 0 Å². The van der Waals surface area contributed by atoms with Crippen molar-refractivity contribution < 1.29 is 4.74 Å². The van der Waals surface area contributed by atoms with Crippen molar-refractivity contribution in [1.82, 2.24) is 5.32 Å². The molecule has 1 saturated carbocycles. The Morgan fingerprint density at radius 2 is 2.00 bits per heavy atom. The summed E-state index contributed by atoms with van der Waals surface area (Å²) in [5.41, 5.74) is 0.259. The average molecular weight is 185 g/mol. The van der Waals surface area contributed by atoms with Gasteiger partial charge in [-0.25, -0.2) is 0 Å². The molecule has 0 amide bonds. The molecule has 1 aliphatic rings. The zero-order valence-corrected chi connectivity index (χ0v) is 9.07. The number of hydrogen-bond donors (Lipinski definition) is 1. The predicted octanol–water partition coefficient (Wildman–Crippen LogP) is 2.34. The van der Waals surface area contributed by atoms with Gasteiger partial charge in [-0.1, -0.05) is 6.92 Å². The highest BCUT2D eigenvalue weighted by Crippen LogP contribution is 2.38. The van der Waals surface area contributed by atoms with Crippen molar-refractivity contribution in [3.63, 3.8) is 0 Å². The van der Waals surface area contributed by atoms with E-state index in [0.717, 1.165) is 19.7 Å². The predicted molar refractivity (Wildman–Crippen MR) is 56.0 cm³/mol. The fourth-order valence-electron chi connectivity index (χ4n) is 1.96. The third kappa shape index (κ3) is 3.28. The monoisotopic (exact) mass is 185 g/mol. The van der Waals surface area contributed by atoms with Crippen LogP contribution in [0.2, 0.25) is 0 Å². The van der Waals surface area contributed by atoms with Crippen LogP contribution in [0.25, 0.3) is 0 Å². The van der Waals surface area contributed by atoms with Crippen LogP contribution < -0.4 is 5.32 Å². The summed E-state index contributed by atoms with van der Waals surface area (Å²) in [5, 5.41) is 3.44. The minimum absolute atomic E-state index is 0.259. The van der Waals surface area contributed by atoms with Gasteiger partial charge in [0, 0.05) is 6.61 Å². The first-order valence-electron chi connectivity index (χ1n) is 5.67. The summed E-state index contributed by atoms with van der Waals surface area (Å²) in [6.07, 6.45) is 6.32. The third-order valence-corrected chi connectivity index (χ3v) is 2.90. The first kappa shape index (κ1) is 11.0. The van der Waals surface area contributed by atoms with E-state index in [2.05, 4.69) is 19.2 Å². The van der Waals surface area contributed by atoms with Gasteiger partial charge in [0.05, 0.1) is 5.60 Å². The highest BCUT2D eigenvalue weighted by molar-refractivity contribution is 4.90. The molecule has 0 aromatic rings. The first-order valence-corrected chi connectivity index (χ1v) is 5.67. The lowest BCUT2D eigenvalue weighted by atomic mass is 9.77. The molecule has 0 aromatic heterocycles. The minimum Gasteiger partial charge on any atom is -0.375 e. The van der Waals surface area contributed by atoms with Gasteiger partial charge in [0.15, 0.2) is 0 Å². The molecule has 0 atom stereocenters. The van der Waals surface area contributed by atoms with Crippen LogP contribution >= 0.6 is 0 Å². The van der Waals surface area contributed by atoms with Crippen LogP contribution in [0.3, 0.4) is 0 Å². The summed E-state index contributed by atoms with van der Waals surface area (Å²) in [5.74, 6) is 0. The Kier molecular flexibility index (Phi) is 4.74. The largest absolute Gasteiger partial charge is 0.375 e. The molecule has 1 rings (SSSR count).